The fourth-order valence-corrected chi connectivity index (χ4v) is 3.53. The number of piperidine rings is 1. The highest BCUT2D eigenvalue weighted by Crippen LogP contribution is 2.29. The summed E-state index contributed by atoms with van der Waals surface area (Å²) in [7, 11) is 1.80. The third-order valence-electron chi connectivity index (χ3n) is 5.23. The first-order valence-electron chi connectivity index (χ1n) is 9.51. The van der Waals surface area contributed by atoms with E-state index in [2.05, 4.69) is 15.5 Å². The second kappa shape index (κ2) is 8.99. The summed E-state index contributed by atoms with van der Waals surface area (Å²) in [6, 6.07) is 4.18. The molecule has 1 fully saturated rings. The molecule has 1 aromatic carbocycles. The maximum atomic E-state index is 12.7. The Kier molecular flexibility index (Phi) is 6.59. The summed E-state index contributed by atoms with van der Waals surface area (Å²) < 4.78 is 40.2. The zero-order chi connectivity index (χ0) is 21.9. The molecule has 2 heterocycles. The van der Waals surface area contributed by atoms with Gasteiger partial charge in [-0.05, 0) is 49.3 Å². The fraction of sp³-hybridized carbons (Fsp3) is 0.474. The molecular weight excluding hydrogens is 419 g/mol. The van der Waals surface area contributed by atoms with E-state index in [0.29, 0.717) is 43.7 Å². The Morgan fingerprint density at radius 1 is 1.23 bits per heavy atom. The molecule has 0 spiro atoms. The van der Waals surface area contributed by atoms with Crippen molar-refractivity contribution < 1.29 is 22.8 Å². The summed E-state index contributed by atoms with van der Waals surface area (Å²) in [5, 5.41) is 9.66. The third kappa shape index (κ3) is 5.07. The molecule has 1 aliphatic heterocycles. The largest absolute Gasteiger partial charge is 0.416 e. The fourth-order valence-electron chi connectivity index (χ4n) is 3.37. The van der Waals surface area contributed by atoms with Crippen molar-refractivity contribution in [1.29, 1.82) is 0 Å². The maximum Gasteiger partial charge on any atom is 0.416 e. The number of nitrogens with one attached hydrogen (secondary N) is 2. The zero-order valence-corrected chi connectivity index (χ0v) is 17.1. The number of hydrogen-bond donors (Lipinski definition) is 2. The van der Waals surface area contributed by atoms with E-state index in [1.54, 1.807) is 16.5 Å². The highest BCUT2D eigenvalue weighted by Gasteiger charge is 2.31. The highest BCUT2D eigenvalue weighted by atomic mass is 32.1. The Bertz CT molecular complexity index is 960. The lowest BCUT2D eigenvalue weighted by Crippen LogP contribution is -2.43. The number of carbonyl (C=O) groups is 2. The lowest BCUT2D eigenvalue weighted by molar-refractivity contribution is -0.137. The second-order valence-corrected chi connectivity index (χ2v) is 7.57. The molecule has 2 N–H and O–H groups in total. The van der Waals surface area contributed by atoms with Gasteiger partial charge in [-0.25, -0.2) is 0 Å². The normalized spacial score (nSPS) is 15.3. The number of aromatic nitrogens is 3. The van der Waals surface area contributed by atoms with Crippen LogP contribution in [-0.4, -0.2) is 51.1 Å². The summed E-state index contributed by atoms with van der Waals surface area (Å²) in [5.74, 6) is 0.142. The predicted octanol–water partition coefficient (Wildman–Crippen LogP) is 2.71. The summed E-state index contributed by atoms with van der Waals surface area (Å²) >= 11 is 5.04. The van der Waals surface area contributed by atoms with Crippen molar-refractivity contribution in [1.82, 2.24) is 25.0 Å². The number of halogens is 3. The molecule has 0 atom stereocenters. The van der Waals surface area contributed by atoms with Crippen LogP contribution < -0.4 is 5.32 Å². The van der Waals surface area contributed by atoms with Crippen LogP contribution in [-0.2, 0) is 24.4 Å². The number of aromatic amines is 1. The first kappa shape index (κ1) is 22.0. The van der Waals surface area contributed by atoms with Crippen LogP contribution in [0.25, 0.3) is 0 Å². The van der Waals surface area contributed by atoms with Gasteiger partial charge in [0.05, 0.1) is 5.56 Å². The summed E-state index contributed by atoms with van der Waals surface area (Å²) in [5.41, 5.74) is -0.583. The Morgan fingerprint density at radius 2 is 1.87 bits per heavy atom. The van der Waals surface area contributed by atoms with Crippen molar-refractivity contribution >= 4 is 24.0 Å². The van der Waals surface area contributed by atoms with Crippen LogP contribution in [0.2, 0.25) is 0 Å². The molecule has 11 heteroatoms. The molecule has 162 valence electrons. The van der Waals surface area contributed by atoms with Crippen molar-refractivity contribution in [3.63, 3.8) is 0 Å². The first-order valence-corrected chi connectivity index (χ1v) is 9.92. The number of rotatable bonds is 5. The Labute approximate surface area is 176 Å². The van der Waals surface area contributed by atoms with Gasteiger partial charge in [0.2, 0.25) is 5.91 Å². The van der Waals surface area contributed by atoms with Gasteiger partial charge in [0, 0.05) is 44.6 Å². The van der Waals surface area contributed by atoms with Gasteiger partial charge in [0.1, 0.15) is 5.82 Å². The van der Waals surface area contributed by atoms with Gasteiger partial charge in [0.25, 0.3) is 5.91 Å². The molecule has 30 heavy (non-hydrogen) atoms. The predicted molar refractivity (Wildman–Crippen MR) is 105 cm³/mol. The van der Waals surface area contributed by atoms with Crippen molar-refractivity contribution in [2.75, 3.05) is 19.6 Å². The van der Waals surface area contributed by atoms with Gasteiger partial charge in [-0.2, -0.15) is 18.3 Å². The second-order valence-electron chi connectivity index (χ2n) is 7.19. The molecule has 2 aromatic rings. The van der Waals surface area contributed by atoms with E-state index in [1.165, 1.54) is 12.1 Å². The van der Waals surface area contributed by atoms with Crippen LogP contribution in [0.3, 0.4) is 0 Å². The van der Waals surface area contributed by atoms with Crippen LogP contribution >= 0.6 is 12.2 Å². The van der Waals surface area contributed by atoms with Gasteiger partial charge < -0.3 is 14.8 Å². The lowest BCUT2D eigenvalue weighted by atomic mass is 9.95. The average Bonchev–Trinajstić information content (AvgIpc) is 3.05. The van der Waals surface area contributed by atoms with Crippen LogP contribution in [0.5, 0.6) is 0 Å². The minimum atomic E-state index is -4.44. The van der Waals surface area contributed by atoms with Gasteiger partial charge >= 0.3 is 6.18 Å². The van der Waals surface area contributed by atoms with Crippen molar-refractivity contribution in [3.8, 4) is 0 Å². The van der Waals surface area contributed by atoms with Gasteiger partial charge in [-0.1, -0.05) is 0 Å². The molecule has 1 saturated heterocycles. The number of hydrogen-bond acceptors (Lipinski definition) is 4. The van der Waals surface area contributed by atoms with Crippen molar-refractivity contribution in [3.05, 3.63) is 46.0 Å². The number of amides is 2. The van der Waals surface area contributed by atoms with Gasteiger partial charge in [0.15, 0.2) is 4.77 Å². The number of H-pyrrole nitrogens is 1. The van der Waals surface area contributed by atoms with E-state index in [9.17, 15) is 22.8 Å². The van der Waals surface area contributed by atoms with E-state index in [0.717, 1.165) is 18.0 Å². The molecule has 2 amide bonds. The smallest absolute Gasteiger partial charge is 0.355 e. The molecule has 0 radical (unpaired) electrons. The molecule has 0 bridgehead atoms. The van der Waals surface area contributed by atoms with Gasteiger partial charge in [-0.15, -0.1) is 0 Å². The first-order chi connectivity index (χ1) is 14.2. The number of carbonyl (C=O) groups excluding carboxylic acids is 2. The van der Waals surface area contributed by atoms with Gasteiger partial charge in [-0.3, -0.25) is 14.7 Å². The highest BCUT2D eigenvalue weighted by molar-refractivity contribution is 7.71. The molecule has 1 aliphatic rings. The van der Waals surface area contributed by atoms with E-state index < -0.39 is 11.7 Å². The minimum absolute atomic E-state index is 0.0755. The van der Waals surface area contributed by atoms with Crippen molar-refractivity contribution in [2.45, 2.75) is 25.4 Å². The molecule has 7 nitrogen and oxygen atoms in total. The maximum absolute atomic E-state index is 12.7. The topological polar surface area (TPSA) is 83.0 Å². The molecular formula is C19H22F3N5O2S. The summed E-state index contributed by atoms with van der Waals surface area (Å²) in [4.78, 5) is 26.5. The molecule has 0 aliphatic carbocycles. The van der Waals surface area contributed by atoms with Crippen LogP contribution in [0, 0.1) is 10.7 Å². The standard InChI is InChI=1S/C19H22F3N5O2S/c1-26-15(24-25-18(26)30)6-9-23-16(28)12-7-10-27(11-8-12)17(29)13-2-4-14(5-3-13)19(20,21)22/h2-5,12H,6-11H2,1H3,(H,23,28)(H,25,30). The van der Waals surface area contributed by atoms with Crippen LogP contribution in [0.15, 0.2) is 24.3 Å². The summed E-state index contributed by atoms with van der Waals surface area (Å²) in [6.07, 6.45) is -2.88. The van der Waals surface area contributed by atoms with E-state index >= 15 is 0 Å². The molecule has 0 saturated carbocycles. The zero-order valence-electron chi connectivity index (χ0n) is 16.3. The average molecular weight is 441 g/mol. The van der Waals surface area contributed by atoms with E-state index in [1.807, 2.05) is 0 Å². The number of likely N-dealkylation sites (tertiary alicyclic amines) is 1. The van der Waals surface area contributed by atoms with E-state index in [4.69, 9.17) is 12.2 Å². The monoisotopic (exact) mass is 441 g/mol. The third-order valence-corrected chi connectivity index (χ3v) is 5.60. The van der Waals surface area contributed by atoms with Crippen LogP contribution in [0.4, 0.5) is 13.2 Å². The molecule has 1 aromatic heterocycles. The minimum Gasteiger partial charge on any atom is -0.355 e. The molecule has 3 rings (SSSR count). The van der Waals surface area contributed by atoms with Crippen LogP contribution in [0.1, 0.15) is 34.6 Å². The number of alkyl halides is 3. The number of nitrogens with zero attached hydrogens (tertiary/aromatic N) is 3. The quantitative estimate of drug-likeness (QED) is 0.699. The summed E-state index contributed by atoms with van der Waals surface area (Å²) in [6.45, 7) is 1.19. The SMILES string of the molecule is Cn1c(CCNC(=O)C2CCN(C(=O)c3ccc(C(F)(F)F)cc3)CC2)n[nH]c1=S. The van der Waals surface area contributed by atoms with Crippen molar-refractivity contribution in [2.24, 2.45) is 13.0 Å². The Balaban J connectivity index is 1.46. The van der Waals surface area contributed by atoms with E-state index in [-0.39, 0.29) is 23.3 Å². The molecule has 0 unspecified atom stereocenters. The number of benzene rings is 1. The Hall–Kier alpha value is -2.69. The Morgan fingerprint density at radius 3 is 2.40 bits per heavy atom. The lowest BCUT2D eigenvalue weighted by Gasteiger charge is -2.31.